The third-order valence-electron chi connectivity index (χ3n) is 3.54. The Labute approximate surface area is 121 Å². The van der Waals surface area contributed by atoms with Gasteiger partial charge in [0.05, 0.1) is 5.56 Å². The average Bonchev–Trinajstić information content (AvgIpc) is 2.71. The highest BCUT2D eigenvalue weighted by Gasteiger charge is 2.31. The van der Waals surface area contributed by atoms with Crippen molar-refractivity contribution < 1.29 is 0 Å². The SMILES string of the molecule is CC(C)c1c(Cl)[nH]c(=O)n(CC2(C)CCCS2)c1=O. The van der Waals surface area contributed by atoms with Crippen molar-refractivity contribution in [2.24, 2.45) is 0 Å². The molecule has 4 nitrogen and oxygen atoms in total. The maximum absolute atomic E-state index is 12.4. The summed E-state index contributed by atoms with van der Waals surface area (Å²) in [7, 11) is 0. The number of thioether (sulfide) groups is 1. The van der Waals surface area contributed by atoms with Crippen LogP contribution in [0.3, 0.4) is 0 Å². The van der Waals surface area contributed by atoms with Crippen LogP contribution in [0.25, 0.3) is 0 Å². The zero-order valence-electron chi connectivity index (χ0n) is 11.5. The number of nitrogens with one attached hydrogen (secondary N) is 1. The van der Waals surface area contributed by atoms with Gasteiger partial charge in [-0.1, -0.05) is 25.4 Å². The minimum atomic E-state index is -0.409. The number of aromatic amines is 1. The van der Waals surface area contributed by atoms with Gasteiger partial charge in [0.15, 0.2) is 0 Å². The average molecular weight is 303 g/mol. The maximum atomic E-state index is 12.4. The van der Waals surface area contributed by atoms with E-state index in [9.17, 15) is 9.59 Å². The first-order valence-corrected chi connectivity index (χ1v) is 7.87. The van der Waals surface area contributed by atoms with Crippen LogP contribution in [0.5, 0.6) is 0 Å². The van der Waals surface area contributed by atoms with Crippen molar-refractivity contribution in [3.05, 3.63) is 31.6 Å². The van der Waals surface area contributed by atoms with Crippen LogP contribution in [0.15, 0.2) is 9.59 Å². The third kappa shape index (κ3) is 2.92. The third-order valence-corrected chi connectivity index (χ3v) is 5.37. The molecule has 106 valence electrons. The molecular formula is C13H19ClN2O2S. The van der Waals surface area contributed by atoms with Gasteiger partial charge in [-0.05, 0) is 31.4 Å². The van der Waals surface area contributed by atoms with Crippen LogP contribution in [-0.4, -0.2) is 20.1 Å². The fourth-order valence-corrected chi connectivity index (χ4v) is 4.17. The zero-order valence-corrected chi connectivity index (χ0v) is 13.0. The predicted octanol–water partition coefficient (Wildman–Crippen LogP) is 2.60. The Morgan fingerprint density at radius 1 is 1.47 bits per heavy atom. The van der Waals surface area contributed by atoms with E-state index in [1.54, 1.807) is 0 Å². The van der Waals surface area contributed by atoms with E-state index in [-0.39, 0.29) is 21.4 Å². The van der Waals surface area contributed by atoms with E-state index in [2.05, 4.69) is 11.9 Å². The predicted molar refractivity (Wildman–Crippen MR) is 80.5 cm³/mol. The second-order valence-electron chi connectivity index (χ2n) is 5.61. The fraction of sp³-hybridized carbons (Fsp3) is 0.692. The number of nitrogens with zero attached hydrogens (tertiary/aromatic N) is 1. The fourth-order valence-electron chi connectivity index (χ4n) is 2.50. The number of H-pyrrole nitrogens is 1. The van der Waals surface area contributed by atoms with Crippen molar-refractivity contribution in [1.29, 1.82) is 0 Å². The summed E-state index contributed by atoms with van der Waals surface area (Å²) in [6.45, 7) is 6.36. The molecule has 2 heterocycles. The number of hydrogen-bond donors (Lipinski definition) is 1. The van der Waals surface area contributed by atoms with Crippen LogP contribution in [-0.2, 0) is 6.54 Å². The first-order chi connectivity index (χ1) is 8.84. The minimum Gasteiger partial charge on any atom is -0.297 e. The molecule has 0 spiro atoms. The summed E-state index contributed by atoms with van der Waals surface area (Å²) in [6, 6.07) is 0. The smallest absolute Gasteiger partial charge is 0.297 e. The van der Waals surface area contributed by atoms with E-state index in [0.29, 0.717) is 12.1 Å². The van der Waals surface area contributed by atoms with Gasteiger partial charge in [0.25, 0.3) is 5.56 Å². The minimum absolute atomic E-state index is 0.00728. The Bertz CT molecular complexity index is 585. The summed E-state index contributed by atoms with van der Waals surface area (Å²) in [6.07, 6.45) is 2.17. The van der Waals surface area contributed by atoms with E-state index in [1.807, 2.05) is 25.6 Å². The molecule has 1 aliphatic rings. The Morgan fingerprint density at radius 3 is 2.68 bits per heavy atom. The van der Waals surface area contributed by atoms with E-state index in [4.69, 9.17) is 11.6 Å². The lowest BCUT2D eigenvalue weighted by Crippen LogP contribution is -2.42. The summed E-state index contributed by atoms with van der Waals surface area (Å²) >= 11 is 7.81. The normalized spacial score (nSPS) is 23.2. The molecule has 1 unspecified atom stereocenters. The largest absolute Gasteiger partial charge is 0.329 e. The Hall–Kier alpha value is -0.680. The van der Waals surface area contributed by atoms with E-state index < -0.39 is 5.69 Å². The van der Waals surface area contributed by atoms with Crippen molar-refractivity contribution in [1.82, 2.24) is 9.55 Å². The van der Waals surface area contributed by atoms with Crippen molar-refractivity contribution >= 4 is 23.4 Å². The number of halogens is 1. The lowest BCUT2D eigenvalue weighted by Gasteiger charge is -2.23. The van der Waals surface area contributed by atoms with Crippen molar-refractivity contribution in [2.75, 3.05) is 5.75 Å². The van der Waals surface area contributed by atoms with Crippen LogP contribution < -0.4 is 11.2 Å². The topological polar surface area (TPSA) is 54.9 Å². The lowest BCUT2D eigenvalue weighted by atomic mass is 10.0. The Balaban J connectivity index is 2.49. The first-order valence-electron chi connectivity index (χ1n) is 6.50. The first kappa shape index (κ1) is 14.7. The molecule has 0 radical (unpaired) electrons. The summed E-state index contributed by atoms with van der Waals surface area (Å²) in [5.74, 6) is 1.08. The van der Waals surface area contributed by atoms with Crippen LogP contribution in [0.4, 0.5) is 0 Å². The Morgan fingerprint density at radius 2 is 2.16 bits per heavy atom. The van der Waals surface area contributed by atoms with Gasteiger partial charge in [-0.15, -0.1) is 0 Å². The zero-order chi connectivity index (χ0) is 14.2. The van der Waals surface area contributed by atoms with Crippen molar-refractivity contribution in [3.8, 4) is 0 Å². The summed E-state index contributed by atoms with van der Waals surface area (Å²) in [5.41, 5.74) is -0.168. The monoisotopic (exact) mass is 302 g/mol. The molecule has 0 saturated carbocycles. The number of aromatic nitrogens is 2. The van der Waals surface area contributed by atoms with Crippen molar-refractivity contribution in [2.45, 2.75) is 50.8 Å². The quantitative estimate of drug-likeness (QED) is 0.873. The molecule has 1 aromatic rings. The van der Waals surface area contributed by atoms with Gasteiger partial charge in [-0.3, -0.25) is 14.3 Å². The molecule has 0 amide bonds. The molecule has 1 saturated heterocycles. The van der Waals surface area contributed by atoms with Crippen LogP contribution in [0.1, 0.15) is 45.1 Å². The van der Waals surface area contributed by atoms with Gasteiger partial charge in [-0.2, -0.15) is 11.8 Å². The second kappa shape index (κ2) is 5.37. The molecule has 19 heavy (non-hydrogen) atoms. The summed E-state index contributed by atoms with van der Waals surface area (Å²) in [5, 5.41) is 0.172. The van der Waals surface area contributed by atoms with Crippen molar-refractivity contribution in [3.63, 3.8) is 0 Å². The van der Waals surface area contributed by atoms with Gasteiger partial charge in [0.1, 0.15) is 5.15 Å². The molecular weight excluding hydrogens is 284 g/mol. The van der Waals surface area contributed by atoms with Crippen LogP contribution >= 0.6 is 23.4 Å². The molecule has 0 aliphatic carbocycles. The highest BCUT2D eigenvalue weighted by Crippen LogP contribution is 2.38. The van der Waals surface area contributed by atoms with Gasteiger partial charge < -0.3 is 0 Å². The highest BCUT2D eigenvalue weighted by atomic mass is 35.5. The molecule has 1 atom stereocenters. The second-order valence-corrected chi connectivity index (χ2v) is 7.67. The Kier molecular flexibility index (Phi) is 4.16. The van der Waals surface area contributed by atoms with E-state index in [0.717, 1.165) is 18.6 Å². The van der Waals surface area contributed by atoms with E-state index >= 15 is 0 Å². The summed E-state index contributed by atoms with van der Waals surface area (Å²) in [4.78, 5) is 27.0. The molecule has 1 aliphatic heterocycles. The molecule has 1 aromatic heterocycles. The van der Waals surface area contributed by atoms with Gasteiger partial charge in [0, 0.05) is 11.3 Å². The maximum Gasteiger partial charge on any atom is 0.329 e. The standard InChI is InChI=1S/C13H19ClN2O2S/c1-8(2)9-10(14)15-12(18)16(11(9)17)7-13(3)5-4-6-19-13/h8H,4-7H2,1-3H3,(H,15,18). The molecule has 2 rings (SSSR count). The molecule has 0 aromatic carbocycles. The molecule has 1 N–H and O–H groups in total. The number of hydrogen-bond acceptors (Lipinski definition) is 3. The molecule has 1 fully saturated rings. The van der Waals surface area contributed by atoms with Gasteiger partial charge in [-0.25, -0.2) is 4.79 Å². The lowest BCUT2D eigenvalue weighted by molar-refractivity contribution is 0.481. The highest BCUT2D eigenvalue weighted by molar-refractivity contribution is 8.00. The summed E-state index contributed by atoms with van der Waals surface area (Å²) < 4.78 is 1.28. The number of rotatable bonds is 3. The van der Waals surface area contributed by atoms with E-state index in [1.165, 1.54) is 4.57 Å². The van der Waals surface area contributed by atoms with Gasteiger partial charge >= 0.3 is 5.69 Å². The van der Waals surface area contributed by atoms with Gasteiger partial charge in [0.2, 0.25) is 0 Å². The van der Waals surface area contributed by atoms with Crippen LogP contribution in [0.2, 0.25) is 5.15 Å². The van der Waals surface area contributed by atoms with Crippen LogP contribution in [0, 0.1) is 0 Å². The molecule has 6 heteroatoms. The molecule has 0 bridgehead atoms.